The first-order chi connectivity index (χ1) is 9.86. The van der Waals surface area contributed by atoms with E-state index in [0.29, 0.717) is 0 Å². The lowest BCUT2D eigenvalue weighted by Crippen LogP contribution is -2.26. The fraction of sp³-hybridized carbons (Fsp3) is 0.250. The van der Waals surface area contributed by atoms with Crippen molar-refractivity contribution in [2.24, 2.45) is 0 Å². The largest absolute Gasteiger partial charge is 0.494 e. The Bertz CT molecular complexity index is 575. The Morgan fingerprint density at radius 2 is 2.05 bits per heavy atom. The normalized spacial score (nSPS) is 17.6. The zero-order chi connectivity index (χ0) is 13.8. The number of thiophene rings is 1. The molecular formula is C16H18N2OS. The predicted octanol–water partition coefficient (Wildman–Crippen LogP) is 3.73. The zero-order valence-electron chi connectivity index (χ0n) is 11.4. The summed E-state index contributed by atoms with van der Waals surface area (Å²) in [6.07, 6.45) is 3.25. The minimum Gasteiger partial charge on any atom is -0.494 e. The third-order valence-electron chi connectivity index (χ3n) is 3.19. The second-order valence-corrected chi connectivity index (χ2v) is 5.67. The molecule has 0 aliphatic carbocycles. The molecule has 20 heavy (non-hydrogen) atoms. The van der Waals surface area contributed by atoms with Gasteiger partial charge in [0, 0.05) is 0 Å². The molecule has 0 bridgehead atoms. The Morgan fingerprint density at radius 3 is 2.75 bits per heavy atom. The van der Waals surface area contributed by atoms with Crippen molar-refractivity contribution in [1.82, 2.24) is 10.9 Å². The fourth-order valence-corrected chi connectivity index (χ4v) is 2.86. The van der Waals surface area contributed by atoms with E-state index in [1.165, 1.54) is 10.4 Å². The molecular weight excluding hydrogens is 268 g/mol. The van der Waals surface area contributed by atoms with E-state index in [1.807, 2.05) is 12.1 Å². The van der Waals surface area contributed by atoms with E-state index in [-0.39, 0.29) is 6.04 Å². The molecule has 0 fully saturated rings. The number of hydrazine groups is 1. The smallest absolute Gasteiger partial charge is 0.119 e. The monoisotopic (exact) mass is 286 g/mol. The third-order valence-corrected chi connectivity index (χ3v) is 4.10. The maximum Gasteiger partial charge on any atom is 0.119 e. The summed E-state index contributed by atoms with van der Waals surface area (Å²) < 4.78 is 5.60. The van der Waals surface area contributed by atoms with Crippen LogP contribution < -0.4 is 15.6 Å². The van der Waals surface area contributed by atoms with Crippen LogP contribution >= 0.6 is 11.3 Å². The van der Waals surface area contributed by atoms with Gasteiger partial charge in [-0.05, 0) is 41.6 Å². The van der Waals surface area contributed by atoms with Gasteiger partial charge in [-0.1, -0.05) is 25.1 Å². The molecule has 0 spiro atoms. The highest BCUT2D eigenvalue weighted by atomic mass is 32.1. The van der Waals surface area contributed by atoms with Gasteiger partial charge in [-0.2, -0.15) is 0 Å². The average Bonchev–Trinajstić information content (AvgIpc) is 3.16. The van der Waals surface area contributed by atoms with E-state index in [0.717, 1.165) is 24.5 Å². The van der Waals surface area contributed by atoms with Crippen molar-refractivity contribution in [3.8, 4) is 5.75 Å². The molecule has 2 N–H and O–H groups in total. The van der Waals surface area contributed by atoms with E-state index in [1.54, 1.807) is 11.3 Å². The van der Waals surface area contributed by atoms with E-state index in [2.05, 4.69) is 53.5 Å². The summed E-state index contributed by atoms with van der Waals surface area (Å²) >= 11 is 1.74. The number of nitrogens with one attached hydrogen (secondary N) is 2. The Hall–Kier alpha value is -1.78. The second kappa shape index (κ2) is 6.11. The predicted molar refractivity (Wildman–Crippen MR) is 83.5 cm³/mol. The van der Waals surface area contributed by atoms with Crippen molar-refractivity contribution in [2.45, 2.75) is 19.4 Å². The van der Waals surface area contributed by atoms with Crippen molar-refractivity contribution in [1.29, 1.82) is 0 Å². The van der Waals surface area contributed by atoms with Crippen molar-refractivity contribution < 1.29 is 4.74 Å². The Kier molecular flexibility index (Phi) is 4.04. The standard InChI is InChI=1S/C16H18N2OS/c1-2-9-19-13-7-5-12(6-8-13)14-11-15(18-17-14)16-4-3-10-20-16/h3-8,10-11,14,17-18H,2,9H2,1H3. The summed E-state index contributed by atoms with van der Waals surface area (Å²) in [6, 6.07) is 12.7. The van der Waals surface area contributed by atoms with Crippen LogP contribution in [0.2, 0.25) is 0 Å². The van der Waals surface area contributed by atoms with Crippen molar-refractivity contribution in [3.05, 3.63) is 58.3 Å². The van der Waals surface area contributed by atoms with Crippen LogP contribution in [0.25, 0.3) is 5.70 Å². The Morgan fingerprint density at radius 1 is 1.20 bits per heavy atom. The van der Waals surface area contributed by atoms with Gasteiger partial charge in [0.05, 0.1) is 23.2 Å². The van der Waals surface area contributed by atoms with Gasteiger partial charge in [0.1, 0.15) is 5.75 Å². The van der Waals surface area contributed by atoms with Gasteiger partial charge in [0.15, 0.2) is 0 Å². The topological polar surface area (TPSA) is 33.3 Å². The van der Waals surface area contributed by atoms with E-state index in [4.69, 9.17) is 4.74 Å². The van der Waals surface area contributed by atoms with Crippen molar-refractivity contribution >= 4 is 17.0 Å². The molecule has 4 heteroatoms. The first-order valence-electron chi connectivity index (χ1n) is 6.87. The van der Waals surface area contributed by atoms with Crippen molar-refractivity contribution in [3.63, 3.8) is 0 Å². The molecule has 1 atom stereocenters. The Balaban J connectivity index is 1.71. The number of benzene rings is 1. The summed E-state index contributed by atoms with van der Waals surface area (Å²) in [6.45, 7) is 2.88. The molecule has 3 nitrogen and oxygen atoms in total. The van der Waals surface area contributed by atoms with Gasteiger partial charge < -0.3 is 10.2 Å². The third kappa shape index (κ3) is 2.86. The van der Waals surface area contributed by atoms with Gasteiger partial charge in [-0.25, -0.2) is 5.43 Å². The fourth-order valence-electron chi connectivity index (χ4n) is 2.15. The molecule has 0 saturated carbocycles. The average molecular weight is 286 g/mol. The molecule has 104 valence electrons. The van der Waals surface area contributed by atoms with E-state index < -0.39 is 0 Å². The van der Waals surface area contributed by atoms with Crippen LogP contribution in [-0.2, 0) is 0 Å². The molecule has 2 heterocycles. The van der Waals surface area contributed by atoms with Gasteiger partial charge in [0.25, 0.3) is 0 Å². The van der Waals surface area contributed by atoms with Crippen LogP contribution in [0.3, 0.4) is 0 Å². The highest BCUT2D eigenvalue weighted by Gasteiger charge is 2.17. The second-order valence-electron chi connectivity index (χ2n) is 4.72. The molecule has 2 aromatic rings. The summed E-state index contributed by atoms with van der Waals surface area (Å²) in [5.74, 6) is 0.934. The van der Waals surface area contributed by atoms with Crippen LogP contribution in [0, 0.1) is 0 Å². The quantitative estimate of drug-likeness (QED) is 0.878. The van der Waals surface area contributed by atoms with Crippen LogP contribution in [0.5, 0.6) is 5.75 Å². The lowest BCUT2D eigenvalue weighted by Gasteiger charge is -2.10. The molecule has 3 rings (SSSR count). The minimum atomic E-state index is 0.201. The molecule has 0 radical (unpaired) electrons. The molecule has 1 aliphatic rings. The first-order valence-corrected chi connectivity index (χ1v) is 7.75. The summed E-state index contributed by atoms with van der Waals surface area (Å²) in [4.78, 5) is 1.25. The maximum atomic E-state index is 5.60. The molecule has 1 aromatic heterocycles. The molecule has 1 unspecified atom stereocenters. The summed E-state index contributed by atoms with van der Waals surface area (Å²) in [5.41, 5.74) is 8.92. The lowest BCUT2D eigenvalue weighted by atomic mass is 10.1. The first kappa shape index (κ1) is 13.2. The number of ether oxygens (including phenoxy) is 1. The number of hydrogen-bond donors (Lipinski definition) is 2. The summed E-state index contributed by atoms with van der Waals surface area (Å²) in [7, 11) is 0. The molecule has 0 amide bonds. The van der Waals surface area contributed by atoms with Gasteiger partial charge in [-0.3, -0.25) is 0 Å². The zero-order valence-corrected chi connectivity index (χ0v) is 12.2. The van der Waals surface area contributed by atoms with Crippen LogP contribution in [0.15, 0.2) is 47.9 Å². The van der Waals surface area contributed by atoms with Crippen molar-refractivity contribution in [2.75, 3.05) is 6.61 Å². The van der Waals surface area contributed by atoms with Gasteiger partial charge in [0.2, 0.25) is 0 Å². The van der Waals surface area contributed by atoms with E-state index >= 15 is 0 Å². The van der Waals surface area contributed by atoms with Crippen LogP contribution in [-0.4, -0.2) is 6.61 Å². The molecule has 1 aliphatic heterocycles. The molecule has 0 saturated heterocycles. The number of hydrogen-bond acceptors (Lipinski definition) is 4. The SMILES string of the molecule is CCCOc1ccc(C2C=C(c3cccs3)NN2)cc1. The lowest BCUT2D eigenvalue weighted by molar-refractivity contribution is 0.317. The highest BCUT2D eigenvalue weighted by molar-refractivity contribution is 7.11. The number of rotatable bonds is 5. The minimum absolute atomic E-state index is 0.201. The maximum absolute atomic E-state index is 5.60. The van der Waals surface area contributed by atoms with Gasteiger partial charge in [-0.15, -0.1) is 11.3 Å². The Labute approximate surface area is 123 Å². The highest BCUT2D eigenvalue weighted by Crippen LogP contribution is 2.27. The van der Waals surface area contributed by atoms with E-state index in [9.17, 15) is 0 Å². The van der Waals surface area contributed by atoms with Gasteiger partial charge >= 0.3 is 0 Å². The summed E-state index contributed by atoms with van der Waals surface area (Å²) in [5, 5.41) is 2.09. The van der Waals surface area contributed by atoms with Crippen LogP contribution in [0.4, 0.5) is 0 Å². The molecule has 1 aromatic carbocycles. The van der Waals surface area contributed by atoms with Crippen LogP contribution in [0.1, 0.15) is 29.8 Å².